The molecule has 0 bridgehead atoms. The average Bonchev–Trinajstić information content (AvgIpc) is 2.90. The Labute approximate surface area is 126 Å². The van der Waals surface area contributed by atoms with Crippen LogP contribution < -0.4 is 11.3 Å². The summed E-state index contributed by atoms with van der Waals surface area (Å²) in [6.07, 6.45) is 3.25. The third-order valence-corrected chi connectivity index (χ3v) is 3.13. The van der Waals surface area contributed by atoms with Crippen molar-refractivity contribution in [2.45, 2.75) is 10.3 Å². The first kappa shape index (κ1) is 13.5. The highest BCUT2D eigenvalue weighted by Crippen LogP contribution is 2.22. The van der Waals surface area contributed by atoms with Gasteiger partial charge < -0.3 is 10.7 Å². The van der Waals surface area contributed by atoms with Crippen molar-refractivity contribution in [3.8, 4) is 5.95 Å². The van der Waals surface area contributed by atoms with Gasteiger partial charge in [-0.2, -0.15) is 20.1 Å². The minimum absolute atomic E-state index is 0.00394. The van der Waals surface area contributed by atoms with Crippen LogP contribution in [0.3, 0.4) is 0 Å². The van der Waals surface area contributed by atoms with E-state index in [1.54, 1.807) is 18.5 Å². The highest BCUT2D eigenvalue weighted by atomic mass is 35.5. The van der Waals surface area contributed by atoms with Crippen LogP contribution in [-0.4, -0.2) is 34.7 Å². The molecule has 0 atom stereocenters. The molecule has 0 fully saturated rings. The van der Waals surface area contributed by atoms with Crippen molar-refractivity contribution in [2.24, 2.45) is 0 Å². The molecule has 0 saturated carbocycles. The van der Waals surface area contributed by atoms with E-state index in [1.807, 2.05) is 0 Å². The van der Waals surface area contributed by atoms with Gasteiger partial charge >= 0.3 is 0 Å². The van der Waals surface area contributed by atoms with Gasteiger partial charge in [0.15, 0.2) is 5.16 Å². The molecule has 0 saturated heterocycles. The Bertz CT molecular complexity index is 833. The number of aromatic amines is 1. The van der Waals surface area contributed by atoms with Crippen LogP contribution in [0.4, 0.5) is 5.82 Å². The largest absolute Gasteiger partial charge is 0.383 e. The summed E-state index contributed by atoms with van der Waals surface area (Å²) in [7, 11) is 0. The number of rotatable bonds is 3. The second-order valence-electron chi connectivity index (χ2n) is 3.72. The van der Waals surface area contributed by atoms with Crippen molar-refractivity contribution in [1.82, 2.24) is 34.7 Å². The van der Waals surface area contributed by atoms with E-state index in [-0.39, 0.29) is 32.9 Å². The molecular formula is C10H7ClN8OS. The lowest BCUT2D eigenvalue weighted by atomic mass is 10.6. The van der Waals surface area contributed by atoms with E-state index in [0.29, 0.717) is 0 Å². The summed E-state index contributed by atoms with van der Waals surface area (Å²) in [6, 6.07) is 2.90. The van der Waals surface area contributed by atoms with E-state index >= 15 is 0 Å². The Balaban J connectivity index is 1.97. The van der Waals surface area contributed by atoms with Gasteiger partial charge in [-0.1, -0.05) is 0 Å². The van der Waals surface area contributed by atoms with E-state index in [1.165, 1.54) is 10.7 Å². The van der Waals surface area contributed by atoms with E-state index < -0.39 is 0 Å². The Kier molecular flexibility index (Phi) is 3.54. The fourth-order valence-electron chi connectivity index (χ4n) is 1.45. The standard InChI is InChI=1S/C10H7ClN8OS/c11-7-16-8(19-3-1-2-13-19)18-10(17-7)21-9-14-5(12)4-6(20)15-9/h1-4H,(H3,12,14,15,20). The number of nitrogens with two attached hydrogens (primary N) is 1. The van der Waals surface area contributed by atoms with Gasteiger partial charge in [0, 0.05) is 18.5 Å². The number of anilines is 1. The molecule has 106 valence electrons. The summed E-state index contributed by atoms with van der Waals surface area (Å²) < 4.78 is 1.44. The number of nitrogens with zero attached hydrogens (tertiary/aromatic N) is 6. The maximum absolute atomic E-state index is 11.3. The molecule has 21 heavy (non-hydrogen) atoms. The number of H-pyrrole nitrogens is 1. The zero-order valence-electron chi connectivity index (χ0n) is 10.3. The summed E-state index contributed by atoms with van der Waals surface area (Å²) in [5.74, 6) is 0.363. The number of nitrogens with one attached hydrogen (secondary N) is 1. The fourth-order valence-corrected chi connectivity index (χ4v) is 2.39. The maximum atomic E-state index is 11.3. The topological polar surface area (TPSA) is 128 Å². The number of halogens is 1. The average molecular weight is 323 g/mol. The monoisotopic (exact) mass is 322 g/mol. The van der Waals surface area contributed by atoms with Crippen LogP contribution in [0.15, 0.2) is 39.6 Å². The van der Waals surface area contributed by atoms with Crippen molar-refractivity contribution in [1.29, 1.82) is 0 Å². The molecule has 0 amide bonds. The predicted molar refractivity (Wildman–Crippen MR) is 75.4 cm³/mol. The molecule has 0 radical (unpaired) electrons. The van der Waals surface area contributed by atoms with Crippen LogP contribution in [0.1, 0.15) is 0 Å². The maximum Gasteiger partial charge on any atom is 0.255 e. The number of hydrogen-bond acceptors (Lipinski definition) is 8. The molecule has 0 aliphatic heterocycles. The van der Waals surface area contributed by atoms with Crippen molar-refractivity contribution in [3.63, 3.8) is 0 Å². The third-order valence-electron chi connectivity index (χ3n) is 2.21. The summed E-state index contributed by atoms with van der Waals surface area (Å²) in [5, 5.41) is 4.53. The van der Waals surface area contributed by atoms with E-state index in [4.69, 9.17) is 17.3 Å². The molecular weight excluding hydrogens is 316 g/mol. The Morgan fingerprint density at radius 2 is 2.14 bits per heavy atom. The lowest BCUT2D eigenvalue weighted by molar-refractivity contribution is 0.757. The van der Waals surface area contributed by atoms with Gasteiger partial charge in [0.25, 0.3) is 11.5 Å². The Morgan fingerprint density at radius 1 is 1.29 bits per heavy atom. The van der Waals surface area contributed by atoms with Crippen molar-refractivity contribution in [3.05, 3.63) is 40.2 Å². The van der Waals surface area contributed by atoms with Gasteiger partial charge in [-0.3, -0.25) is 4.79 Å². The van der Waals surface area contributed by atoms with Crippen LogP contribution in [0.5, 0.6) is 0 Å². The minimum Gasteiger partial charge on any atom is -0.383 e. The Morgan fingerprint density at radius 3 is 2.86 bits per heavy atom. The van der Waals surface area contributed by atoms with Gasteiger partial charge in [-0.15, -0.1) is 0 Å². The predicted octanol–water partition coefficient (Wildman–Crippen LogP) is 0.527. The summed E-state index contributed by atoms with van der Waals surface area (Å²) in [5.41, 5.74) is 5.15. The molecule has 0 spiro atoms. The lowest BCUT2D eigenvalue weighted by Gasteiger charge is -2.03. The van der Waals surface area contributed by atoms with Crippen molar-refractivity contribution < 1.29 is 0 Å². The second kappa shape index (κ2) is 5.50. The Hall–Kier alpha value is -2.46. The van der Waals surface area contributed by atoms with Crippen LogP contribution >= 0.6 is 23.4 Å². The zero-order valence-corrected chi connectivity index (χ0v) is 11.8. The summed E-state index contributed by atoms with van der Waals surface area (Å²) >= 11 is 6.87. The van der Waals surface area contributed by atoms with Crippen molar-refractivity contribution in [2.75, 3.05) is 5.73 Å². The van der Waals surface area contributed by atoms with E-state index in [2.05, 4.69) is 30.0 Å². The van der Waals surface area contributed by atoms with E-state index in [0.717, 1.165) is 11.8 Å². The number of hydrogen-bond donors (Lipinski definition) is 2. The molecule has 9 nitrogen and oxygen atoms in total. The smallest absolute Gasteiger partial charge is 0.255 e. The highest BCUT2D eigenvalue weighted by Gasteiger charge is 2.10. The molecule has 3 aromatic rings. The zero-order chi connectivity index (χ0) is 14.8. The highest BCUT2D eigenvalue weighted by molar-refractivity contribution is 7.99. The molecule has 0 aliphatic rings. The van der Waals surface area contributed by atoms with Gasteiger partial charge in [0.05, 0.1) is 0 Å². The first-order chi connectivity index (χ1) is 10.1. The lowest BCUT2D eigenvalue weighted by Crippen LogP contribution is -2.10. The molecule has 3 N–H and O–H groups in total. The van der Waals surface area contributed by atoms with Crippen molar-refractivity contribution >= 4 is 29.2 Å². The summed E-state index contributed by atoms with van der Waals surface area (Å²) in [4.78, 5) is 29.9. The molecule has 11 heteroatoms. The van der Waals surface area contributed by atoms with Crippen LogP contribution in [-0.2, 0) is 0 Å². The quantitative estimate of drug-likeness (QED) is 0.668. The normalized spacial score (nSPS) is 10.7. The molecule has 0 aromatic carbocycles. The third kappa shape index (κ3) is 3.17. The fraction of sp³-hybridized carbons (Fsp3) is 0. The van der Waals surface area contributed by atoms with E-state index in [9.17, 15) is 4.79 Å². The molecule has 3 aromatic heterocycles. The first-order valence-electron chi connectivity index (χ1n) is 5.56. The van der Waals surface area contributed by atoms with Gasteiger partial charge in [-0.25, -0.2) is 9.67 Å². The first-order valence-corrected chi connectivity index (χ1v) is 6.76. The van der Waals surface area contributed by atoms with Crippen LogP contribution in [0.2, 0.25) is 5.28 Å². The van der Waals surface area contributed by atoms with Crippen LogP contribution in [0, 0.1) is 0 Å². The molecule has 3 rings (SSSR count). The SMILES string of the molecule is Nc1cc(=O)[nH]c(Sc2nc(Cl)nc(-n3cccn3)n2)n1. The number of aromatic nitrogens is 7. The van der Waals surface area contributed by atoms with Gasteiger partial charge in [-0.05, 0) is 29.4 Å². The number of nitrogen functional groups attached to an aromatic ring is 1. The van der Waals surface area contributed by atoms with Gasteiger partial charge in [0.1, 0.15) is 5.82 Å². The minimum atomic E-state index is -0.363. The second-order valence-corrected chi connectivity index (χ2v) is 5.01. The molecule has 0 unspecified atom stereocenters. The van der Waals surface area contributed by atoms with Gasteiger partial charge in [0.2, 0.25) is 10.4 Å². The van der Waals surface area contributed by atoms with Crippen LogP contribution in [0.25, 0.3) is 5.95 Å². The molecule has 3 heterocycles. The summed E-state index contributed by atoms with van der Waals surface area (Å²) in [6.45, 7) is 0. The molecule has 0 aliphatic carbocycles.